The first kappa shape index (κ1) is 23.3. The van der Waals surface area contributed by atoms with Crippen LogP contribution in [0.2, 0.25) is 20.1 Å². The number of rotatable bonds is 8. The molecule has 0 saturated carbocycles. The SMILES string of the molecule is COCCNC=C(C(=O)Nc1ccc(Cl)cc1Cl)C(=O)Nc1ccc(Cl)cc1Cl. The monoisotopic (exact) mass is 475 g/mol. The van der Waals surface area contributed by atoms with Gasteiger partial charge in [0.1, 0.15) is 5.57 Å². The van der Waals surface area contributed by atoms with Gasteiger partial charge in [0.2, 0.25) is 0 Å². The highest BCUT2D eigenvalue weighted by Gasteiger charge is 2.20. The van der Waals surface area contributed by atoms with E-state index in [0.717, 1.165) is 0 Å². The lowest BCUT2D eigenvalue weighted by Gasteiger charge is -2.12. The predicted molar refractivity (Wildman–Crippen MR) is 118 cm³/mol. The van der Waals surface area contributed by atoms with Crippen LogP contribution in [0.1, 0.15) is 0 Å². The van der Waals surface area contributed by atoms with Crippen LogP contribution < -0.4 is 16.0 Å². The molecule has 0 heterocycles. The van der Waals surface area contributed by atoms with Gasteiger partial charge in [0.25, 0.3) is 11.8 Å². The van der Waals surface area contributed by atoms with Crippen LogP contribution in [-0.4, -0.2) is 32.1 Å². The number of hydrogen-bond donors (Lipinski definition) is 3. The Morgan fingerprint density at radius 1 is 0.897 bits per heavy atom. The zero-order valence-electron chi connectivity index (χ0n) is 15.2. The molecule has 2 rings (SSSR count). The minimum atomic E-state index is -0.679. The lowest BCUT2D eigenvalue weighted by Crippen LogP contribution is -2.28. The van der Waals surface area contributed by atoms with Gasteiger partial charge in [0.05, 0.1) is 28.0 Å². The third-order valence-electron chi connectivity index (χ3n) is 3.54. The molecule has 0 atom stereocenters. The Hall–Kier alpha value is -1.96. The van der Waals surface area contributed by atoms with Gasteiger partial charge in [0.15, 0.2) is 0 Å². The number of carbonyl (C=O) groups is 2. The van der Waals surface area contributed by atoms with E-state index in [-0.39, 0.29) is 15.6 Å². The highest BCUT2D eigenvalue weighted by atomic mass is 35.5. The summed E-state index contributed by atoms with van der Waals surface area (Å²) in [5, 5.41) is 9.32. The molecule has 0 spiro atoms. The summed E-state index contributed by atoms with van der Waals surface area (Å²) in [5.41, 5.74) is 0.417. The van der Waals surface area contributed by atoms with Crippen molar-refractivity contribution in [1.29, 1.82) is 0 Å². The van der Waals surface area contributed by atoms with Gasteiger partial charge in [-0.25, -0.2) is 0 Å². The van der Waals surface area contributed by atoms with Gasteiger partial charge < -0.3 is 20.7 Å². The van der Waals surface area contributed by atoms with Gasteiger partial charge in [-0.05, 0) is 36.4 Å². The number of anilines is 2. The summed E-state index contributed by atoms with van der Waals surface area (Å²) < 4.78 is 4.94. The molecule has 0 aliphatic heterocycles. The zero-order valence-corrected chi connectivity index (χ0v) is 18.2. The van der Waals surface area contributed by atoms with Crippen molar-refractivity contribution in [3.05, 3.63) is 68.3 Å². The number of amides is 2. The van der Waals surface area contributed by atoms with E-state index in [1.54, 1.807) is 12.1 Å². The molecule has 29 heavy (non-hydrogen) atoms. The summed E-state index contributed by atoms with van der Waals surface area (Å²) in [7, 11) is 1.54. The van der Waals surface area contributed by atoms with Crippen LogP contribution in [0.15, 0.2) is 48.2 Å². The standard InChI is InChI=1S/C19H17Cl4N3O3/c1-29-7-6-24-10-13(18(27)25-16-4-2-11(20)8-14(16)22)19(28)26-17-5-3-12(21)9-15(17)23/h2-5,8-10,24H,6-7H2,1H3,(H,25,27)(H,26,28). The van der Waals surface area contributed by atoms with E-state index in [9.17, 15) is 9.59 Å². The highest BCUT2D eigenvalue weighted by Crippen LogP contribution is 2.27. The number of nitrogens with one attached hydrogen (secondary N) is 3. The molecular weight excluding hydrogens is 460 g/mol. The Morgan fingerprint density at radius 3 is 1.79 bits per heavy atom. The first-order chi connectivity index (χ1) is 13.8. The van der Waals surface area contributed by atoms with Crippen LogP contribution in [0.3, 0.4) is 0 Å². The minimum absolute atomic E-state index is 0.196. The van der Waals surface area contributed by atoms with Crippen molar-refractivity contribution in [1.82, 2.24) is 5.32 Å². The summed E-state index contributed by atoms with van der Waals surface area (Å²) in [4.78, 5) is 25.5. The van der Waals surface area contributed by atoms with E-state index in [4.69, 9.17) is 51.1 Å². The Balaban J connectivity index is 2.22. The molecule has 10 heteroatoms. The van der Waals surface area contributed by atoms with Crippen LogP contribution >= 0.6 is 46.4 Å². The van der Waals surface area contributed by atoms with Gasteiger partial charge in [-0.15, -0.1) is 0 Å². The number of carbonyl (C=O) groups excluding carboxylic acids is 2. The van der Waals surface area contributed by atoms with E-state index in [1.165, 1.54) is 37.6 Å². The molecule has 0 fully saturated rings. The molecule has 2 aromatic carbocycles. The number of benzene rings is 2. The van der Waals surface area contributed by atoms with E-state index in [1.807, 2.05) is 0 Å². The van der Waals surface area contributed by atoms with E-state index in [2.05, 4.69) is 16.0 Å². The normalized spacial score (nSPS) is 10.2. The third-order valence-corrected chi connectivity index (χ3v) is 4.64. The van der Waals surface area contributed by atoms with Crippen molar-refractivity contribution in [2.45, 2.75) is 0 Å². The molecule has 0 aromatic heterocycles. The Morgan fingerprint density at radius 2 is 1.38 bits per heavy atom. The Labute approximate surface area is 188 Å². The number of hydrogen-bond acceptors (Lipinski definition) is 4. The van der Waals surface area contributed by atoms with Gasteiger partial charge in [-0.1, -0.05) is 46.4 Å². The fourth-order valence-electron chi connectivity index (χ4n) is 2.13. The average Bonchev–Trinajstić information content (AvgIpc) is 2.66. The topological polar surface area (TPSA) is 79.5 Å². The first-order valence-corrected chi connectivity index (χ1v) is 9.78. The number of ether oxygens (including phenoxy) is 1. The quantitative estimate of drug-likeness (QED) is 0.217. The molecule has 2 aromatic rings. The molecule has 0 radical (unpaired) electrons. The second-order valence-electron chi connectivity index (χ2n) is 5.66. The first-order valence-electron chi connectivity index (χ1n) is 8.27. The van der Waals surface area contributed by atoms with Gasteiger partial charge in [0, 0.05) is 29.9 Å². The van der Waals surface area contributed by atoms with Crippen molar-refractivity contribution >= 4 is 69.6 Å². The van der Waals surface area contributed by atoms with Crippen molar-refractivity contribution in [2.75, 3.05) is 30.9 Å². The summed E-state index contributed by atoms with van der Waals surface area (Å²) in [5.74, 6) is -1.36. The molecule has 154 valence electrons. The number of methoxy groups -OCH3 is 1. The smallest absolute Gasteiger partial charge is 0.262 e. The fraction of sp³-hybridized carbons (Fsp3) is 0.158. The Kier molecular flexibility index (Phi) is 9.07. The largest absolute Gasteiger partial charge is 0.388 e. The second kappa shape index (κ2) is 11.3. The van der Waals surface area contributed by atoms with E-state index >= 15 is 0 Å². The third kappa shape index (κ3) is 7.10. The summed E-state index contributed by atoms with van der Waals surface area (Å²) >= 11 is 23.9. The van der Waals surface area contributed by atoms with E-state index < -0.39 is 11.8 Å². The van der Waals surface area contributed by atoms with E-state index in [0.29, 0.717) is 34.6 Å². The van der Waals surface area contributed by atoms with Gasteiger partial charge in [-0.2, -0.15) is 0 Å². The predicted octanol–water partition coefficient (Wildman–Crippen LogP) is 5.00. The van der Waals surface area contributed by atoms with Crippen LogP contribution in [0.4, 0.5) is 11.4 Å². The summed E-state index contributed by atoms with van der Waals surface area (Å²) in [6, 6.07) is 9.16. The maximum atomic E-state index is 12.7. The van der Waals surface area contributed by atoms with Crippen LogP contribution in [0, 0.1) is 0 Å². The summed E-state index contributed by atoms with van der Waals surface area (Å²) in [6.07, 6.45) is 1.29. The maximum absolute atomic E-state index is 12.7. The van der Waals surface area contributed by atoms with Crippen molar-refractivity contribution in [2.24, 2.45) is 0 Å². The van der Waals surface area contributed by atoms with Crippen molar-refractivity contribution in [3.8, 4) is 0 Å². The van der Waals surface area contributed by atoms with Crippen molar-refractivity contribution in [3.63, 3.8) is 0 Å². The van der Waals surface area contributed by atoms with Crippen LogP contribution in [0.25, 0.3) is 0 Å². The number of halogens is 4. The molecule has 0 aliphatic carbocycles. The minimum Gasteiger partial charge on any atom is -0.388 e. The van der Waals surface area contributed by atoms with Crippen LogP contribution in [0.5, 0.6) is 0 Å². The second-order valence-corrected chi connectivity index (χ2v) is 7.35. The molecule has 0 bridgehead atoms. The van der Waals surface area contributed by atoms with Crippen LogP contribution in [-0.2, 0) is 14.3 Å². The molecule has 0 aliphatic rings. The zero-order chi connectivity index (χ0) is 21.4. The van der Waals surface area contributed by atoms with Crippen molar-refractivity contribution < 1.29 is 14.3 Å². The molecule has 2 amide bonds. The molecular formula is C19H17Cl4N3O3. The fourth-order valence-corrected chi connectivity index (χ4v) is 3.04. The molecule has 3 N–H and O–H groups in total. The highest BCUT2D eigenvalue weighted by molar-refractivity contribution is 6.38. The average molecular weight is 477 g/mol. The molecule has 0 unspecified atom stereocenters. The Bertz CT molecular complexity index is 867. The summed E-state index contributed by atoms with van der Waals surface area (Å²) in [6.45, 7) is 0.781. The molecule has 0 saturated heterocycles. The van der Waals surface area contributed by atoms with Gasteiger partial charge in [-0.3, -0.25) is 9.59 Å². The lowest BCUT2D eigenvalue weighted by atomic mass is 10.2. The lowest BCUT2D eigenvalue weighted by molar-refractivity contribution is -0.118. The maximum Gasteiger partial charge on any atom is 0.262 e. The van der Waals surface area contributed by atoms with Gasteiger partial charge >= 0.3 is 0 Å². The molecule has 6 nitrogen and oxygen atoms in total.